The summed E-state index contributed by atoms with van der Waals surface area (Å²) in [6.45, 7) is 0.340. The van der Waals surface area contributed by atoms with Crippen LogP contribution in [-0.2, 0) is 26.7 Å². The molecule has 10 heteroatoms. The van der Waals surface area contributed by atoms with Crippen LogP contribution in [0.15, 0.2) is 48.5 Å². The average molecular weight is 461 g/mol. The molecule has 0 radical (unpaired) electrons. The lowest BCUT2D eigenvalue weighted by Crippen LogP contribution is -2.41. The third kappa shape index (κ3) is 5.74. The normalized spacial score (nSPS) is 16.4. The van der Waals surface area contributed by atoms with E-state index in [4.69, 9.17) is 11.6 Å². The Balaban J connectivity index is 1.58. The lowest BCUT2D eigenvalue weighted by atomic mass is 9.97. The Labute approximate surface area is 177 Å². The monoisotopic (exact) mass is 460 g/mol. The van der Waals surface area contributed by atoms with Crippen LogP contribution in [0.3, 0.4) is 0 Å². The second-order valence-electron chi connectivity index (χ2n) is 7.13. The molecule has 0 unspecified atom stereocenters. The standard InChI is InChI=1S/C20H20ClF3N2O3S/c21-17-5-1-3-14(11-17)13-30(28,29)26-9-7-15(8-10-26)19(27)25-18-6-2-4-16(12-18)20(22,23)24/h1-6,11-12,15H,7-10,13H2,(H,25,27). The van der Waals surface area contributed by atoms with Gasteiger partial charge in [0.25, 0.3) is 0 Å². The number of hydrogen-bond acceptors (Lipinski definition) is 3. The van der Waals surface area contributed by atoms with Crippen molar-refractivity contribution >= 4 is 33.2 Å². The summed E-state index contributed by atoms with van der Waals surface area (Å²) < 4.78 is 65.0. The molecule has 1 aliphatic heterocycles. The molecule has 1 saturated heterocycles. The summed E-state index contributed by atoms with van der Waals surface area (Å²) in [7, 11) is -3.57. The number of piperidine rings is 1. The van der Waals surface area contributed by atoms with Crippen LogP contribution >= 0.6 is 11.6 Å². The molecule has 162 valence electrons. The van der Waals surface area contributed by atoms with Crippen LogP contribution < -0.4 is 5.32 Å². The van der Waals surface area contributed by atoms with Crippen molar-refractivity contribution in [3.63, 3.8) is 0 Å². The SMILES string of the molecule is O=C(Nc1cccc(C(F)(F)F)c1)C1CCN(S(=O)(=O)Cc2cccc(Cl)c2)CC1. The second-order valence-corrected chi connectivity index (χ2v) is 9.53. The van der Waals surface area contributed by atoms with Crippen molar-refractivity contribution in [3.05, 3.63) is 64.7 Å². The molecule has 0 bridgehead atoms. The number of amides is 1. The highest BCUT2D eigenvalue weighted by Crippen LogP contribution is 2.31. The van der Waals surface area contributed by atoms with E-state index >= 15 is 0 Å². The zero-order valence-corrected chi connectivity index (χ0v) is 17.4. The number of benzene rings is 2. The topological polar surface area (TPSA) is 66.5 Å². The highest BCUT2D eigenvalue weighted by atomic mass is 35.5. The minimum atomic E-state index is -4.50. The van der Waals surface area contributed by atoms with Gasteiger partial charge in [0.05, 0.1) is 11.3 Å². The predicted molar refractivity (Wildman–Crippen MR) is 108 cm³/mol. The number of halogens is 4. The van der Waals surface area contributed by atoms with Gasteiger partial charge in [0.1, 0.15) is 0 Å². The van der Waals surface area contributed by atoms with Crippen LogP contribution in [0, 0.1) is 5.92 Å². The fraction of sp³-hybridized carbons (Fsp3) is 0.350. The van der Waals surface area contributed by atoms with Crippen molar-refractivity contribution in [1.29, 1.82) is 0 Å². The van der Waals surface area contributed by atoms with E-state index in [9.17, 15) is 26.4 Å². The summed E-state index contributed by atoms with van der Waals surface area (Å²) >= 11 is 5.90. The number of nitrogens with zero attached hydrogens (tertiary/aromatic N) is 1. The maximum Gasteiger partial charge on any atom is 0.416 e. The maximum atomic E-state index is 12.8. The number of sulfonamides is 1. The quantitative estimate of drug-likeness (QED) is 0.712. The number of carbonyl (C=O) groups is 1. The van der Waals surface area contributed by atoms with E-state index in [1.807, 2.05) is 0 Å². The van der Waals surface area contributed by atoms with Crippen LogP contribution in [0.1, 0.15) is 24.0 Å². The lowest BCUT2D eigenvalue weighted by Gasteiger charge is -2.30. The van der Waals surface area contributed by atoms with E-state index in [0.717, 1.165) is 12.1 Å². The largest absolute Gasteiger partial charge is 0.416 e. The first-order valence-corrected chi connectivity index (χ1v) is 11.2. The third-order valence-corrected chi connectivity index (χ3v) is 7.00. The van der Waals surface area contributed by atoms with Gasteiger partial charge in [0.2, 0.25) is 15.9 Å². The molecule has 0 spiro atoms. The van der Waals surface area contributed by atoms with Gasteiger partial charge in [-0.1, -0.05) is 29.8 Å². The van der Waals surface area contributed by atoms with Crippen molar-refractivity contribution in [2.75, 3.05) is 18.4 Å². The first-order chi connectivity index (χ1) is 14.0. The molecule has 0 aromatic heterocycles. The average Bonchev–Trinajstić information content (AvgIpc) is 2.67. The number of rotatable bonds is 5. The van der Waals surface area contributed by atoms with Crippen LogP contribution in [0.5, 0.6) is 0 Å². The Morgan fingerprint density at radius 3 is 2.40 bits per heavy atom. The zero-order valence-electron chi connectivity index (χ0n) is 15.8. The molecule has 1 N–H and O–H groups in total. The molecule has 2 aromatic rings. The molecule has 30 heavy (non-hydrogen) atoms. The van der Waals surface area contributed by atoms with Crippen molar-refractivity contribution in [3.8, 4) is 0 Å². The van der Waals surface area contributed by atoms with Gasteiger partial charge in [-0.3, -0.25) is 4.79 Å². The van der Waals surface area contributed by atoms with Crippen molar-refractivity contribution < 1.29 is 26.4 Å². The Bertz CT molecular complexity index is 1020. The minimum Gasteiger partial charge on any atom is -0.326 e. The van der Waals surface area contributed by atoms with Gasteiger partial charge in [-0.2, -0.15) is 13.2 Å². The summed E-state index contributed by atoms with van der Waals surface area (Å²) in [6, 6.07) is 11.0. The Morgan fingerprint density at radius 2 is 1.77 bits per heavy atom. The highest BCUT2D eigenvalue weighted by molar-refractivity contribution is 7.88. The summed E-state index contributed by atoms with van der Waals surface area (Å²) in [6.07, 6.45) is -3.91. The first-order valence-electron chi connectivity index (χ1n) is 9.25. The van der Waals surface area contributed by atoms with Gasteiger partial charge in [-0.15, -0.1) is 0 Å². The summed E-state index contributed by atoms with van der Waals surface area (Å²) in [5.41, 5.74) is -0.208. The molecule has 1 aliphatic rings. The predicted octanol–water partition coefficient (Wildman–Crippen LogP) is 4.54. The molecular weight excluding hydrogens is 441 g/mol. The number of anilines is 1. The highest BCUT2D eigenvalue weighted by Gasteiger charge is 2.32. The van der Waals surface area contributed by atoms with E-state index in [0.29, 0.717) is 23.4 Å². The fourth-order valence-electron chi connectivity index (χ4n) is 3.34. The Kier molecular flexibility index (Phi) is 6.74. The summed E-state index contributed by atoms with van der Waals surface area (Å²) in [5.74, 6) is -1.08. The molecule has 1 fully saturated rings. The van der Waals surface area contributed by atoms with Crippen LogP contribution in [0.4, 0.5) is 18.9 Å². The number of nitrogens with one attached hydrogen (secondary N) is 1. The fourth-order valence-corrected chi connectivity index (χ4v) is 5.11. The van der Waals surface area contributed by atoms with Gasteiger partial charge in [0, 0.05) is 29.7 Å². The Morgan fingerprint density at radius 1 is 1.10 bits per heavy atom. The molecular formula is C20H20ClF3N2O3S. The van der Waals surface area contributed by atoms with Gasteiger partial charge in [-0.05, 0) is 48.7 Å². The van der Waals surface area contributed by atoms with Gasteiger partial charge < -0.3 is 5.32 Å². The second kappa shape index (κ2) is 8.95. The molecule has 0 atom stereocenters. The van der Waals surface area contributed by atoms with E-state index in [1.165, 1.54) is 16.4 Å². The van der Waals surface area contributed by atoms with Crippen molar-refractivity contribution in [2.45, 2.75) is 24.8 Å². The number of hydrogen-bond donors (Lipinski definition) is 1. The molecule has 1 amide bonds. The van der Waals surface area contributed by atoms with Crippen molar-refractivity contribution in [1.82, 2.24) is 4.31 Å². The molecule has 3 rings (SSSR count). The minimum absolute atomic E-state index is 0.0610. The maximum absolute atomic E-state index is 12.8. The van der Waals surface area contributed by atoms with Gasteiger partial charge >= 0.3 is 6.18 Å². The lowest BCUT2D eigenvalue weighted by molar-refractivity contribution is -0.137. The number of alkyl halides is 3. The molecule has 0 saturated carbocycles. The molecule has 5 nitrogen and oxygen atoms in total. The van der Waals surface area contributed by atoms with Crippen LogP contribution in [0.25, 0.3) is 0 Å². The van der Waals surface area contributed by atoms with Crippen LogP contribution in [-0.4, -0.2) is 31.7 Å². The third-order valence-electron chi connectivity index (χ3n) is 4.91. The molecule has 2 aromatic carbocycles. The van der Waals surface area contributed by atoms with E-state index < -0.39 is 33.6 Å². The number of carbonyl (C=O) groups excluding carboxylic acids is 1. The van der Waals surface area contributed by atoms with Crippen LogP contribution in [0.2, 0.25) is 5.02 Å². The smallest absolute Gasteiger partial charge is 0.326 e. The van der Waals surface area contributed by atoms with E-state index in [-0.39, 0.29) is 24.5 Å². The van der Waals surface area contributed by atoms with E-state index in [2.05, 4.69) is 5.32 Å². The van der Waals surface area contributed by atoms with Gasteiger partial charge in [-0.25, -0.2) is 12.7 Å². The van der Waals surface area contributed by atoms with Gasteiger partial charge in [0.15, 0.2) is 0 Å². The zero-order chi connectivity index (χ0) is 21.9. The van der Waals surface area contributed by atoms with Crippen molar-refractivity contribution in [2.24, 2.45) is 5.92 Å². The van der Waals surface area contributed by atoms with E-state index in [1.54, 1.807) is 24.3 Å². The summed E-state index contributed by atoms with van der Waals surface area (Å²) in [5, 5.41) is 2.95. The molecule has 0 aliphatic carbocycles. The molecule has 1 heterocycles. The first kappa shape index (κ1) is 22.6. The summed E-state index contributed by atoms with van der Waals surface area (Å²) in [4.78, 5) is 12.4. The Hall–Kier alpha value is -2.10.